The lowest BCUT2D eigenvalue weighted by Gasteiger charge is -2.17. The summed E-state index contributed by atoms with van der Waals surface area (Å²) in [7, 11) is 3.38. The van der Waals surface area contributed by atoms with Gasteiger partial charge in [-0.05, 0) is 38.0 Å². The van der Waals surface area contributed by atoms with Crippen molar-refractivity contribution in [2.24, 2.45) is 4.99 Å². The van der Waals surface area contributed by atoms with E-state index in [0.29, 0.717) is 6.61 Å². The summed E-state index contributed by atoms with van der Waals surface area (Å²) in [5, 5.41) is 6.56. The van der Waals surface area contributed by atoms with Crippen LogP contribution in [0.15, 0.2) is 29.3 Å². The van der Waals surface area contributed by atoms with Crippen LogP contribution < -0.4 is 15.4 Å². The molecule has 0 saturated heterocycles. The van der Waals surface area contributed by atoms with Gasteiger partial charge in [0.1, 0.15) is 5.75 Å². The summed E-state index contributed by atoms with van der Waals surface area (Å²) in [4.78, 5) is 4.58. The van der Waals surface area contributed by atoms with Gasteiger partial charge in [0.05, 0.1) is 13.7 Å². The van der Waals surface area contributed by atoms with E-state index in [-0.39, 0.29) is 6.04 Å². The molecule has 0 aromatic heterocycles. The van der Waals surface area contributed by atoms with Crippen LogP contribution in [0, 0.1) is 0 Å². The standard InChI is InChI=1S/C16H27N3O2/c1-5-17-16(19-13(2)12-20-3)18-10-9-14-7-6-8-15(11-14)21-4/h6-8,11,13H,5,9-10,12H2,1-4H3,(H2,17,18,19). The molecule has 0 amide bonds. The van der Waals surface area contributed by atoms with Crippen molar-refractivity contribution in [1.82, 2.24) is 10.6 Å². The van der Waals surface area contributed by atoms with Crippen molar-refractivity contribution in [1.29, 1.82) is 0 Å². The van der Waals surface area contributed by atoms with Gasteiger partial charge in [-0.15, -0.1) is 0 Å². The molecule has 5 heteroatoms. The fraction of sp³-hybridized carbons (Fsp3) is 0.562. The molecule has 1 unspecified atom stereocenters. The minimum atomic E-state index is 0.226. The first-order valence-corrected chi connectivity index (χ1v) is 7.36. The van der Waals surface area contributed by atoms with Gasteiger partial charge in [0.2, 0.25) is 0 Å². The van der Waals surface area contributed by atoms with Crippen molar-refractivity contribution in [3.8, 4) is 5.75 Å². The van der Waals surface area contributed by atoms with Crippen LogP contribution in [-0.2, 0) is 11.2 Å². The summed E-state index contributed by atoms with van der Waals surface area (Å²) in [5.41, 5.74) is 1.22. The Balaban J connectivity index is 2.52. The highest BCUT2D eigenvalue weighted by molar-refractivity contribution is 5.80. The number of nitrogens with one attached hydrogen (secondary N) is 2. The fourth-order valence-corrected chi connectivity index (χ4v) is 1.97. The maximum absolute atomic E-state index is 5.23. The molecule has 0 radical (unpaired) electrons. The van der Waals surface area contributed by atoms with Gasteiger partial charge in [-0.2, -0.15) is 0 Å². The molecule has 1 aromatic carbocycles. The minimum Gasteiger partial charge on any atom is -0.497 e. The molecule has 1 rings (SSSR count). The maximum atomic E-state index is 5.23. The highest BCUT2D eigenvalue weighted by Gasteiger charge is 2.04. The number of hydrogen-bond acceptors (Lipinski definition) is 3. The predicted molar refractivity (Wildman–Crippen MR) is 87.2 cm³/mol. The van der Waals surface area contributed by atoms with E-state index in [2.05, 4.69) is 35.5 Å². The molecule has 21 heavy (non-hydrogen) atoms. The van der Waals surface area contributed by atoms with E-state index in [1.54, 1.807) is 14.2 Å². The topological polar surface area (TPSA) is 54.9 Å². The van der Waals surface area contributed by atoms with Crippen molar-refractivity contribution >= 4 is 5.96 Å². The average molecular weight is 293 g/mol. The Hall–Kier alpha value is -1.75. The molecule has 1 aromatic rings. The molecule has 118 valence electrons. The second kappa shape index (κ2) is 10.0. The maximum Gasteiger partial charge on any atom is 0.191 e. The SMILES string of the molecule is CCNC(=NCCc1cccc(OC)c1)NC(C)COC. The Kier molecular flexibility index (Phi) is 8.28. The lowest BCUT2D eigenvalue weighted by molar-refractivity contribution is 0.179. The van der Waals surface area contributed by atoms with Crippen LogP contribution >= 0.6 is 0 Å². The van der Waals surface area contributed by atoms with Crippen LogP contribution in [0.2, 0.25) is 0 Å². The molecule has 0 saturated carbocycles. The van der Waals surface area contributed by atoms with Gasteiger partial charge in [0, 0.05) is 26.2 Å². The van der Waals surface area contributed by atoms with E-state index in [1.165, 1.54) is 5.56 Å². The van der Waals surface area contributed by atoms with Gasteiger partial charge in [0.25, 0.3) is 0 Å². The van der Waals surface area contributed by atoms with E-state index in [1.807, 2.05) is 18.2 Å². The quantitative estimate of drug-likeness (QED) is 0.567. The van der Waals surface area contributed by atoms with Gasteiger partial charge < -0.3 is 20.1 Å². The lowest BCUT2D eigenvalue weighted by Crippen LogP contribution is -2.44. The van der Waals surface area contributed by atoms with Crippen LogP contribution in [0.3, 0.4) is 0 Å². The second-order valence-electron chi connectivity index (χ2n) is 4.86. The number of ether oxygens (including phenoxy) is 2. The Morgan fingerprint density at radius 1 is 1.33 bits per heavy atom. The van der Waals surface area contributed by atoms with Crippen molar-refractivity contribution < 1.29 is 9.47 Å². The Morgan fingerprint density at radius 2 is 2.14 bits per heavy atom. The molecule has 0 fully saturated rings. The highest BCUT2D eigenvalue weighted by Crippen LogP contribution is 2.12. The van der Waals surface area contributed by atoms with Crippen LogP contribution in [0.25, 0.3) is 0 Å². The molecule has 5 nitrogen and oxygen atoms in total. The first kappa shape index (κ1) is 17.3. The van der Waals surface area contributed by atoms with Crippen molar-refractivity contribution in [2.45, 2.75) is 26.3 Å². The third kappa shape index (κ3) is 6.99. The molecule has 0 aliphatic carbocycles. The molecule has 0 aliphatic heterocycles. The second-order valence-corrected chi connectivity index (χ2v) is 4.86. The lowest BCUT2D eigenvalue weighted by atomic mass is 10.1. The third-order valence-corrected chi connectivity index (χ3v) is 2.95. The Bertz CT molecular complexity index is 435. The molecule has 1 atom stereocenters. The fourth-order valence-electron chi connectivity index (χ4n) is 1.97. The number of aliphatic imine (C=N–C) groups is 1. The highest BCUT2D eigenvalue weighted by atomic mass is 16.5. The smallest absolute Gasteiger partial charge is 0.191 e. The van der Waals surface area contributed by atoms with Gasteiger partial charge in [-0.3, -0.25) is 4.99 Å². The third-order valence-electron chi connectivity index (χ3n) is 2.95. The number of rotatable bonds is 8. The first-order chi connectivity index (χ1) is 10.2. The Labute approximate surface area is 127 Å². The molecular weight excluding hydrogens is 266 g/mol. The van der Waals surface area contributed by atoms with Crippen LogP contribution in [0.1, 0.15) is 19.4 Å². The van der Waals surface area contributed by atoms with E-state index in [9.17, 15) is 0 Å². The minimum absolute atomic E-state index is 0.226. The zero-order valence-electron chi connectivity index (χ0n) is 13.5. The molecule has 0 spiro atoms. The van der Waals surface area contributed by atoms with Gasteiger partial charge in [-0.25, -0.2) is 0 Å². The summed E-state index contributed by atoms with van der Waals surface area (Å²) >= 11 is 0. The summed E-state index contributed by atoms with van der Waals surface area (Å²) < 4.78 is 10.3. The Morgan fingerprint density at radius 3 is 2.81 bits per heavy atom. The van der Waals surface area contributed by atoms with Crippen LogP contribution in [0.5, 0.6) is 5.75 Å². The summed E-state index contributed by atoms with van der Waals surface area (Å²) in [6.07, 6.45) is 0.881. The normalized spacial score (nSPS) is 12.9. The van der Waals surface area contributed by atoms with E-state index in [4.69, 9.17) is 9.47 Å². The van der Waals surface area contributed by atoms with Gasteiger partial charge >= 0.3 is 0 Å². The van der Waals surface area contributed by atoms with Crippen LogP contribution in [-0.4, -0.2) is 45.9 Å². The molecule has 2 N–H and O–H groups in total. The number of benzene rings is 1. The number of nitrogens with zero attached hydrogens (tertiary/aromatic N) is 1. The molecule has 0 heterocycles. The van der Waals surface area contributed by atoms with Crippen molar-refractivity contribution in [3.05, 3.63) is 29.8 Å². The number of hydrogen-bond donors (Lipinski definition) is 2. The van der Waals surface area contributed by atoms with Crippen molar-refractivity contribution in [2.75, 3.05) is 33.9 Å². The summed E-state index contributed by atoms with van der Waals surface area (Å²) in [6.45, 7) is 6.34. The van der Waals surface area contributed by atoms with E-state index < -0.39 is 0 Å². The summed E-state index contributed by atoms with van der Waals surface area (Å²) in [5.74, 6) is 1.71. The number of methoxy groups -OCH3 is 2. The zero-order chi connectivity index (χ0) is 15.5. The number of guanidine groups is 1. The summed E-state index contributed by atoms with van der Waals surface area (Å²) in [6, 6.07) is 8.31. The van der Waals surface area contributed by atoms with Crippen molar-refractivity contribution in [3.63, 3.8) is 0 Å². The first-order valence-electron chi connectivity index (χ1n) is 7.36. The largest absolute Gasteiger partial charge is 0.497 e. The predicted octanol–water partition coefficient (Wildman–Crippen LogP) is 1.83. The van der Waals surface area contributed by atoms with E-state index in [0.717, 1.165) is 31.2 Å². The zero-order valence-corrected chi connectivity index (χ0v) is 13.5. The van der Waals surface area contributed by atoms with Gasteiger partial charge in [0.15, 0.2) is 5.96 Å². The molecule has 0 bridgehead atoms. The molecule has 0 aliphatic rings. The monoisotopic (exact) mass is 293 g/mol. The molecular formula is C16H27N3O2. The van der Waals surface area contributed by atoms with E-state index >= 15 is 0 Å². The average Bonchev–Trinajstić information content (AvgIpc) is 2.48. The van der Waals surface area contributed by atoms with Crippen LogP contribution in [0.4, 0.5) is 0 Å². The van der Waals surface area contributed by atoms with Gasteiger partial charge in [-0.1, -0.05) is 12.1 Å².